The molecule has 1 saturated heterocycles. The molecule has 1 aliphatic rings. The van der Waals surface area contributed by atoms with Crippen molar-refractivity contribution in [1.29, 1.82) is 0 Å². The van der Waals surface area contributed by atoms with E-state index in [9.17, 15) is 0 Å². The van der Waals surface area contributed by atoms with Gasteiger partial charge < -0.3 is 15.4 Å². The van der Waals surface area contributed by atoms with Crippen molar-refractivity contribution in [3.63, 3.8) is 0 Å². The molecule has 2 N–H and O–H groups in total. The summed E-state index contributed by atoms with van der Waals surface area (Å²) in [5, 5.41) is 6.93. The molecule has 1 fully saturated rings. The van der Waals surface area contributed by atoms with E-state index in [1.54, 1.807) is 0 Å². The third-order valence-electron chi connectivity index (χ3n) is 5.18. The van der Waals surface area contributed by atoms with Crippen LogP contribution in [0.4, 0.5) is 0 Å². The van der Waals surface area contributed by atoms with E-state index < -0.39 is 0 Å². The topological polar surface area (TPSA) is 45.7 Å². The lowest BCUT2D eigenvalue weighted by Crippen LogP contribution is -2.39. The van der Waals surface area contributed by atoms with Crippen LogP contribution in [-0.2, 0) is 4.74 Å². The van der Waals surface area contributed by atoms with Crippen molar-refractivity contribution in [2.24, 2.45) is 10.9 Å². The first-order chi connectivity index (χ1) is 13.2. The molecule has 3 rings (SSSR count). The summed E-state index contributed by atoms with van der Waals surface area (Å²) in [4.78, 5) is 4.88. The Bertz CT molecular complexity index is 751. The third kappa shape index (κ3) is 5.95. The maximum absolute atomic E-state index is 6.00. The average molecular weight is 493 g/mol. The first-order valence-corrected chi connectivity index (χ1v) is 9.96. The molecule has 3 unspecified atom stereocenters. The Labute approximate surface area is 186 Å². The second-order valence-corrected chi connectivity index (χ2v) is 7.19. The van der Waals surface area contributed by atoms with Gasteiger partial charge in [-0.3, -0.25) is 4.99 Å². The summed E-state index contributed by atoms with van der Waals surface area (Å²) in [5.74, 6) is 1.28. The molecule has 0 amide bonds. The average Bonchev–Trinajstić information content (AvgIpc) is 3.16. The maximum atomic E-state index is 6.00. The van der Waals surface area contributed by atoms with E-state index >= 15 is 0 Å². The molecule has 28 heavy (non-hydrogen) atoms. The number of nitrogens with one attached hydrogen (secondary N) is 2. The number of rotatable bonds is 6. The molecule has 1 aliphatic heterocycles. The van der Waals surface area contributed by atoms with Crippen molar-refractivity contribution in [3.05, 3.63) is 71.3 Å². The van der Waals surface area contributed by atoms with Gasteiger partial charge in [0.2, 0.25) is 0 Å². The van der Waals surface area contributed by atoms with Crippen molar-refractivity contribution < 1.29 is 4.74 Å². The summed E-state index contributed by atoms with van der Waals surface area (Å²) in [6, 6.07) is 19.2. The molecule has 0 bridgehead atoms. The summed E-state index contributed by atoms with van der Waals surface area (Å²) < 4.78 is 6.00. The van der Waals surface area contributed by atoms with Crippen LogP contribution in [0.5, 0.6) is 0 Å². The first kappa shape index (κ1) is 22.7. The molecule has 0 radical (unpaired) electrons. The largest absolute Gasteiger partial charge is 0.373 e. The molecule has 152 valence electrons. The number of hydrogen-bond donors (Lipinski definition) is 2. The monoisotopic (exact) mass is 493 g/mol. The summed E-state index contributed by atoms with van der Waals surface area (Å²) in [6.07, 6.45) is 1.20. The number of aliphatic imine (C=N–C) groups is 1. The van der Waals surface area contributed by atoms with Gasteiger partial charge in [0, 0.05) is 25.6 Å². The van der Waals surface area contributed by atoms with Crippen molar-refractivity contribution in [1.82, 2.24) is 10.6 Å². The van der Waals surface area contributed by atoms with Gasteiger partial charge in [0.05, 0.1) is 12.1 Å². The van der Waals surface area contributed by atoms with Crippen molar-refractivity contribution >= 4 is 29.9 Å². The predicted molar refractivity (Wildman–Crippen MR) is 127 cm³/mol. The zero-order valence-electron chi connectivity index (χ0n) is 17.0. The van der Waals surface area contributed by atoms with Gasteiger partial charge in [-0.1, -0.05) is 54.6 Å². The summed E-state index contributed by atoms with van der Waals surface area (Å²) in [7, 11) is 0. The number of halogens is 1. The van der Waals surface area contributed by atoms with Crippen LogP contribution in [0.1, 0.15) is 49.1 Å². The molecular weight excluding hydrogens is 461 g/mol. The minimum absolute atomic E-state index is 0. The highest BCUT2D eigenvalue weighted by Gasteiger charge is 2.29. The van der Waals surface area contributed by atoms with Crippen molar-refractivity contribution in [2.45, 2.75) is 39.3 Å². The molecule has 3 atom stereocenters. The lowest BCUT2D eigenvalue weighted by Gasteiger charge is -2.21. The molecule has 0 saturated carbocycles. The highest BCUT2D eigenvalue weighted by Crippen LogP contribution is 2.34. The van der Waals surface area contributed by atoms with Gasteiger partial charge in [0.1, 0.15) is 0 Å². The fourth-order valence-corrected chi connectivity index (χ4v) is 3.72. The summed E-state index contributed by atoms with van der Waals surface area (Å²) >= 11 is 0. The number of guanidine groups is 1. The molecule has 1 heterocycles. The van der Waals surface area contributed by atoms with E-state index in [4.69, 9.17) is 9.73 Å². The Morgan fingerprint density at radius 1 is 1.14 bits per heavy atom. The Morgan fingerprint density at radius 2 is 1.86 bits per heavy atom. The molecule has 4 nitrogen and oxygen atoms in total. The van der Waals surface area contributed by atoms with Gasteiger partial charge >= 0.3 is 0 Å². The number of ether oxygens (including phenoxy) is 1. The highest BCUT2D eigenvalue weighted by molar-refractivity contribution is 14.0. The Hall–Kier alpha value is -1.60. The summed E-state index contributed by atoms with van der Waals surface area (Å²) in [5.41, 5.74) is 3.84. The SMILES string of the molecule is CCNC(=NCC1CCOC1c1ccccc1)NC(C)c1ccccc1C.I. The molecule has 2 aromatic carbocycles. The number of hydrogen-bond acceptors (Lipinski definition) is 2. The van der Waals surface area contributed by atoms with Crippen LogP contribution in [0.25, 0.3) is 0 Å². The van der Waals surface area contributed by atoms with E-state index in [1.807, 2.05) is 6.07 Å². The first-order valence-electron chi connectivity index (χ1n) is 9.96. The van der Waals surface area contributed by atoms with Gasteiger partial charge in [-0.15, -0.1) is 24.0 Å². The van der Waals surface area contributed by atoms with Gasteiger partial charge in [0.15, 0.2) is 5.96 Å². The van der Waals surface area contributed by atoms with Gasteiger partial charge in [-0.05, 0) is 43.9 Å². The van der Waals surface area contributed by atoms with E-state index in [0.29, 0.717) is 5.92 Å². The second kappa shape index (κ2) is 11.4. The number of benzene rings is 2. The van der Waals surface area contributed by atoms with Crippen LogP contribution in [0.15, 0.2) is 59.6 Å². The van der Waals surface area contributed by atoms with Crippen LogP contribution in [-0.4, -0.2) is 25.7 Å². The number of aryl methyl sites for hydroxylation is 1. The fraction of sp³-hybridized carbons (Fsp3) is 0.435. The Kier molecular flexibility index (Phi) is 9.25. The van der Waals surface area contributed by atoms with Crippen molar-refractivity contribution in [2.75, 3.05) is 19.7 Å². The smallest absolute Gasteiger partial charge is 0.191 e. The fourth-order valence-electron chi connectivity index (χ4n) is 3.72. The predicted octanol–water partition coefficient (Wildman–Crippen LogP) is 5.01. The molecular formula is C23H32IN3O. The zero-order valence-corrected chi connectivity index (χ0v) is 19.4. The van der Waals surface area contributed by atoms with Crippen LogP contribution in [0.2, 0.25) is 0 Å². The van der Waals surface area contributed by atoms with Gasteiger partial charge in [-0.25, -0.2) is 0 Å². The van der Waals surface area contributed by atoms with E-state index in [1.165, 1.54) is 16.7 Å². The normalized spacial score (nSPS) is 20.3. The van der Waals surface area contributed by atoms with Gasteiger partial charge in [0.25, 0.3) is 0 Å². The maximum Gasteiger partial charge on any atom is 0.191 e. The minimum Gasteiger partial charge on any atom is -0.373 e. The lowest BCUT2D eigenvalue weighted by molar-refractivity contribution is 0.0925. The standard InChI is InChI=1S/C23H31N3O.HI/c1-4-24-23(26-18(3)21-13-9-8-10-17(21)2)25-16-20-14-15-27-22(20)19-11-6-5-7-12-19;/h5-13,18,20,22H,4,14-16H2,1-3H3,(H2,24,25,26);1H. The molecule has 2 aromatic rings. The lowest BCUT2D eigenvalue weighted by atomic mass is 9.95. The van der Waals surface area contributed by atoms with Crippen LogP contribution in [0, 0.1) is 12.8 Å². The van der Waals surface area contributed by atoms with Gasteiger partial charge in [-0.2, -0.15) is 0 Å². The molecule has 0 spiro atoms. The molecule has 0 aromatic heterocycles. The van der Waals surface area contributed by atoms with Crippen LogP contribution in [0.3, 0.4) is 0 Å². The summed E-state index contributed by atoms with van der Waals surface area (Å²) in [6.45, 7) is 8.84. The molecule has 0 aliphatic carbocycles. The number of nitrogens with zero attached hydrogens (tertiary/aromatic N) is 1. The van der Waals surface area contributed by atoms with E-state index in [-0.39, 0.29) is 36.1 Å². The second-order valence-electron chi connectivity index (χ2n) is 7.19. The van der Waals surface area contributed by atoms with Crippen molar-refractivity contribution in [3.8, 4) is 0 Å². The van der Waals surface area contributed by atoms with E-state index in [0.717, 1.165) is 32.1 Å². The Morgan fingerprint density at radius 3 is 2.57 bits per heavy atom. The quantitative estimate of drug-likeness (QED) is 0.338. The zero-order chi connectivity index (χ0) is 19.1. The Balaban J connectivity index is 0.00000280. The van der Waals surface area contributed by atoms with Crippen LogP contribution >= 0.6 is 24.0 Å². The minimum atomic E-state index is 0. The highest BCUT2D eigenvalue weighted by atomic mass is 127. The van der Waals surface area contributed by atoms with E-state index in [2.05, 4.69) is 79.9 Å². The third-order valence-corrected chi connectivity index (χ3v) is 5.18. The molecule has 5 heteroatoms. The van der Waals surface area contributed by atoms with Crippen LogP contribution < -0.4 is 10.6 Å².